The minimum atomic E-state index is -0.457. The lowest BCUT2D eigenvalue weighted by Gasteiger charge is -2.34. The van der Waals surface area contributed by atoms with Gasteiger partial charge < -0.3 is 4.90 Å². The Morgan fingerprint density at radius 1 is 0.368 bits per heavy atom. The molecule has 1 nitrogen and oxygen atoms in total. The molecule has 0 heterocycles. The smallest absolute Gasteiger partial charge is 0.0726 e. The molecule has 11 rings (SSSR count). The molecule has 0 aromatic heterocycles. The third-order valence-corrected chi connectivity index (χ3v) is 13.3. The number of benzene rings is 8. The van der Waals surface area contributed by atoms with Crippen molar-refractivity contribution in [1.82, 2.24) is 0 Å². The standard InChI is InChI=1S/C56H45N/c1-54(2,3)37-27-30-45-42-21-10-14-24-48(42)56(51(45)33-37)49-25-15-11-22-43(49)46-32-29-39(35-52(46)56)57(53-26-16-12-19-40(53)36-17-7-6-8-18-36)38-28-31-44-41-20-9-13-23-47(41)55(4,5)50(44)34-38/h6-35H,1-5H3. The molecule has 0 aliphatic heterocycles. The van der Waals surface area contributed by atoms with Crippen molar-refractivity contribution in [3.8, 4) is 44.5 Å². The Morgan fingerprint density at radius 2 is 0.807 bits per heavy atom. The molecular formula is C56H45N. The summed E-state index contributed by atoms with van der Waals surface area (Å²) >= 11 is 0. The van der Waals surface area contributed by atoms with Crippen LogP contribution >= 0.6 is 0 Å². The van der Waals surface area contributed by atoms with Crippen LogP contribution in [0.2, 0.25) is 0 Å². The minimum Gasteiger partial charge on any atom is -0.310 e. The molecule has 0 radical (unpaired) electrons. The van der Waals surface area contributed by atoms with Gasteiger partial charge in [0.1, 0.15) is 0 Å². The monoisotopic (exact) mass is 731 g/mol. The van der Waals surface area contributed by atoms with E-state index < -0.39 is 5.41 Å². The predicted molar refractivity (Wildman–Crippen MR) is 239 cm³/mol. The molecule has 0 fully saturated rings. The number of nitrogens with zero attached hydrogens (tertiary/aromatic N) is 1. The SMILES string of the molecule is CC(C)(C)c1ccc2c(c1)C1(c3ccccc3-c3ccc(N(c4ccc5c(c4)C(C)(C)c4ccccc4-5)c4ccccc4-c4ccccc4)cc31)c1ccccc1-2. The van der Waals surface area contributed by atoms with Gasteiger partial charge in [-0.15, -0.1) is 0 Å². The van der Waals surface area contributed by atoms with Crippen molar-refractivity contribution < 1.29 is 0 Å². The lowest BCUT2D eigenvalue weighted by molar-refractivity contribution is 0.588. The van der Waals surface area contributed by atoms with Crippen LogP contribution in [0, 0.1) is 0 Å². The third kappa shape index (κ3) is 4.69. The van der Waals surface area contributed by atoms with E-state index in [1.54, 1.807) is 0 Å². The van der Waals surface area contributed by atoms with Crippen molar-refractivity contribution in [3.63, 3.8) is 0 Å². The molecule has 0 N–H and O–H groups in total. The van der Waals surface area contributed by atoms with E-state index >= 15 is 0 Å². The molecule has 0 amide bonds. The Morgan fingerprint density at radius 3 is 1.42 bits per heavy atom. The molecule has 1 atom stereocenters. The summed E-state index contributed by atoms with van der Waals surface area (Å²) in [4.78, 5) is 2.52. The fourth-order valence-electron chi connectivity index (χ4n) is 10.5. The van der Waals surface area contributed by atoms with Gasteiger partial charge in [0.15, 0.2) is 0 Å². The van der Waals surface area contributed by atoms with Crippen LogP contribution in [0.1, 0.15) is 73.6 Å². The average molecular weight is 732 g/mol. The van der Waals surface area contributed by atoms with Gasteiger partial charge in [-0.1, -0.05) is 186 Å². The molecule has 0 saturated carbocycles. The van der Waals surface area contributed by atoms with E-state index in [1.165, 1.54) is 83.5 Å². The zero-order chi connectivity index (χ0) is 38.7. The summed E-state index contributed by atoms with van der Waals surface area (Å²) in [6, 6.07) is 68.7. The Labute approximate surface area is 336 Å². The molecule has 8 aromatic carbocycles. The van der Waals surface area contributed by atoms with Gasteiger partial charge in [-0.3, -0.25) is 0 Å². The summed E-state index contributed by atoms with van der Waals surface area (Å²) in [6.07, 6.45) is 0. The highest BCUT2D eigenvalue weighted by molar-refractivity contribution is 5.97. The number of rotatable bonds is 4. The van der Waals surface area contributed by atoms with Gasteiger partial charge in [0, 0.05) is 22.4 Å². The summed E-state index contributed by atoms with van der Waals surface area (Å²) < 4.78 is 0. The number of anilines is 3. The van der Waals surface area contributed by atoms with E-state index in [4.69, 9.17) is 0 Å². The summed E-state index contributed by atoms with van der Waals surface area (Å²) in [5, 5.41) is 0. The number of hydrogen-bond donors (Lipinski definition) is 0. The lowest BCUT2D eigenvalue weighted by Crippen LogP contribution is -2.27. The van der Waals surface area contributed by atoms with Crippen LogP contribution in [0.4, 0.5) is 17.1 Å². The molecular weight excluding hydrogens is 687 g/mol. The van der Waals surface area contributed by atoms with Gasteiger partial charge in [-0.25, -0.2) is 0 Å². The maximum absolute atomic E-state index is 2.53. The quantitative estimate of drug-likeness (QED) is 0.174. The summed E-state index contributed by atoms with van der Waals surface area (Å²) in [6.45, 7) is 11.7. The fraction of sp³-hybridized carbons (Fsp3) is 0.143. The Kier molecular flexibility index (Phi) is 7.15. The topological polar surface area (TPSA) is 3.24 Å². The van der Waals surface area contributed by atoms with Gasteiger partial charge in [0.25, 0.3) is 0 Å². The van der Waals surface area contributed by atoms with Crippen LogP contribution in [0.3, 0.4) is 0 Å². The van der Waals surface area contributed by atoms with Crippen molar-refractivity contribution in [3.05, 3.63) is 221 Å². The first-order valence-electron chi connectivity index (χ1n) is 20.4. The predicted octanol–water partition coefficient (Wildman–Crippen LogP) is 14.8. The van der Waals surface area contributed by atoms with Crippen molar-refractivity contribution in [2.24, 2.45) is 0 Å². The van der Waals surface area contributed by atoms with Crippen LogP contribution < -0.4 is 4.90 Å². The molecule has 3 aliphatic carbocycles. The van der Waals surface area contributed by atoms with Crippen LogP contribution in [0.25, 0.3) is 44.5 Å². The number of hydrogen-bond acceptors (Lipinski definition) is 1. The van der Waals surface area contributed by atoms with Gasteiger partial charge in [0.2, 0.25) is 0 Å². The molecule has 1 unspecified atom stereocenters. The highest BCUT2D eigenvalue weighted by Gasteiger charge is 2.52. The maximum Gasteiger partial charge on any atom is 0.0726 e. The van der Waals surface area contributed by atoms with Crippen molar-refractivity contribution >= 4 is 17.1 Å². The normalized spacial score (nSPS) is 16.4. The molecule has 0 bridgehead atoms. The van der Waals surface area contributed by atoms with Crippen molar-refractivity contribution in [2.75, 3.05) is 4.90 Å². The van der Waals surface area contributed by atoms with E-state index in [-0.39, 0.29) is 10.8 Å². The first-order valence-corrected chi connectivity index (χ1v) is 20.4. The van der Waals surface area contributed by atoms with Gasteiger partial charge in [-0.05, 0) is 114 Å². The Balaban J connectivity index is 1.20. The molecule has 274 valence electrons. The summed E-state index contributed by atoms with van der Waals surface area (Å²) in [5.74, 6) is 0. The second kappa shape index (κ2) is 12.0. The Bertz CT molecular complexity index is 2910. The minimum absolute atomic E-state index is 0.00669. The zero-order valence-electron chi connectivity index (χ0n) is 33.3. The lowest BCUT2D eigenvalue weighted by atomic mass is 9.69. The Hall–Kier alpha value is -6.44. The second-order valence-corrected chi connectivity index (χ2v) is 17.7. The van der Waals surface area contributed by atoms with Gasteiger partial charge >= 0.3 is 0 Å². The second-order valence-electron chi connectivity index (χ2n) is 17.7. The molecule has 3 aliphatic rings. The number of fused-ring (bicyclic) bond motifs is 13. The average Bonchev–Trinajstić information content (AvgIpc) is 3.79. The van der Waals surface area contributed by atoms with Crippen LogP contribution in [-0.2, 0) is 16.2 Å². The van der Waals surface area contributed by atoms with E-state index in [0.29, 0.717) is 0 Å². The van der Waals surface area contributed by atoms with E-state index in [2.05, 4.69) is 222 Å². The fourth-order valence-corrected chi connectivity index (χ4v) is 10.5. The summed E-state index contributed by atoms with van der Waals surface area (Å²) in [7, 11) is 0. The van der Waals surface area contributed by atoms with E-state index in [9.17, 15) is 0 Å². The van der Waals surface area contributed by atoms with Crippen LogP contribution in [0.5, 0.6) is 0 Å². The first-order chi connectivity index (χ1) is 27.7. The van der Waals surface area contributed by atoms with E-state index in [0.717, 1.165) is 17.1 Å². The highest BCUT2D eigenvalue weighted by atomic mass is 15.1. The van der Waals surface area contributed by atoms with E-state index in [1.807, 2.05) is 0 Å². The molecule has 57 heavy (non-hydrogen) atoms. The van der Waals surface area contributed by atoms with Gasteiger partial charge in [-0.2, -0.15) is 0 Å². The summed E-state index contributed by atoms with van der Waals surface area (Å²) in [5.41, 5.74) is 22.8. The van der Waals surface area contributed by atoms with Crippen LogP contribution in [0.15, 0.2) is 182 Å². The highest BCUT2D eigenvalue weighted by Crippen LogP contribution is 2.64. The third-order valence-electron chi connectivity index (χ3n) is 13.3. The zero-order valence-corrected chi connectivity index (χ0v) is 33.3. The molecule has 1 heteroatoms. The number of para-hydroxylation sites is 1. The first kappa shape index (κ1) is 33.9. The van der Waals surface area contributed by atoms with Gasteiger partial charge in [0.05, 0.1) is 11.1 Å². The van der Waals surface area contributed by atoms with Crippen molar-refractivity contribution in [1.29, 1.82) is 0 Å². The molecule has 1 spiro atoms. The molecule has 0 saturated heterocycles. The van der Waals surface area contributed by atoms with Crippen LogP contribution in [-0.4, -0.2) is 0 Å². The molecule has 8 aromatic rings. The largest absolute Gasteiger partial charge is 0.310 e. The van der Waals surface area contributed by atoms with Crippen molar-refractivity contribution in [2.45, 2.75) is 50.9 Å². The maximum atomic E-state index is 2.53.